The maximum absolute atomic E-state index is 10.6. The Morgan fingerprint density at radius 2 is 2.00 bits per heavy atom. The van der Waals surface area contributed by atoms with Gasteiger partial charge in [-0.2, -0.15) is 0 Å². The molecule has 0 radical (unpaired) electrons. The Labute approximate surface area is 89.7 Å². The minimum atomic E-state index is 0.365. The molecule has 0 fully saturated rings. The van der Waals surface area contributed by atoms with Crippen LogP contribution < -0.4 is 0 Å². The number of halogens is 1. The topological polar surface area (TPSA) is 34.9 Å². The van der Waals surface area contributed by atoms with Gasteiger partial charge in [-0.3, -0.25) is 8.39 Å². The van der Waals surface area contributed by atoms with E-state index in [0.29, 0.717) is 12.1 Å². The number of aromatic nitrogens is 2. The van der Waals surface area contributed by atoms with Gasteiger partial charge in [0.05, 0.1) is 21.8 Å². The van der Waals surface area contributed by atoms with Crippen LogP contribution in [-0.4, -0.2) is 14.9 Å². The van der Waals surface area contributed by atoms with Gasteiger partial charge in [0.25, 0.3) is 0 Å². The van der Waals surface area contributed by atoms with E-state index in [1.165, 1.54) is 3.59 Å². The molecular weight excluding hydrogens is 244 g/mol. The van der Waals surface area contributed by atoms with Crippen molar-refractivity contribution in [3.63, 3.8) is 0 Å². The first-order valence-electron chi connectivity index (χ1n) is 4.07. The fraction of sp³-hybridized carbons (Fsp3) is 0. The third-order valence-electron chi connectivity index (χ3n) is 1.86. The van der Waals surface area contributed by atoms with Crippen molar-refractivity contribution < 1.29 is 4.79 Å². The van der Waals surface area contributed by atoms with Crippen LogP contribution in [0.3, 0.4) is 0 Å². The van der Waals surface area contributed by atoms with Crippen LogP contribution in [0.25, 0.3) is 11.3 Å². The zero-order valence-corrected chi connectivity index (χ0v) is 8.81. The van der Waals surface area contributed by atoms with Crippen molar-refractivity contribution in [1.29, 1.82) is 0 Å². The standard InChI is InChI=1S/C10H7BrN2O/c11-13-6-9(12-10(13)7-14)8-4-2-1-3-5-8/h1-7H. The van der Waals surface area contributed by atoms with Crippen LogP contribution in [-0.2, 0) is 0 Å². The smallest absolute Gasteiger partial charge is 0.186 e. The highest BCUT2D eigenvalue weighted by Crippen LogP contribution is 2.18. The van der Waals surface area contributed by atoms with Crippen LogP contribution in [0, 0.1) is 0 Å². The molecular formula is C10H7BrN2O. The van der Waals surface area contributed by atoms with Gasteiger partial charge < -0.3 is 0 Å². The van der Waals surface area contributed by atoms with Crippen molar-refractivity contribution >= 4 is 22.4 Å². The molecule has 4 heteroatoms. The van der Waals surface area contributed by atoms with Gasteiger partial charge in [-0.1, -0.05) is 30.3 Å². The summed E-state index contributed by atoms with van der Waals surface area (Å²) in [6, 6.07) is 9.70. The molecule has 0 saturated heterocycles. The summed E-state index contributed by atoms with van der Waals surface area (Å²) in [7, 11) is 0. The Kier molecular flexibility index (Phi) is 2.45. The largest absolute Gasteiger partial charge is 0.294 e. The molecule has 0 aliphatic carbocycles. The van der Waals surface area contributed by atoms with Crippen molar-refractivity contribution in [2.24, 2.45) is 0 Å². The van der Waals surface area contributed by atoms with E-state index in [9.17, 15) is 4.79 Å². The number of nitrogens with zero attached hydrogens (tertiary/aromatic N) is 2. The van der Waals surface area contributed by atoms with Gasteiger partial charge >= 0.3 is 0 Å². The molecule has 0 amide bonds. The second kappa shape index (κ2) is 3.75. The van der Waals surface area contributed by atoms with E-state index in [1.54, 1.807) is 6.20 Å². The highest BCUT2D eigenvalue weighted by atomic mass is 79.9. The molecule has 70 valence electrons. The molecule has 0 unspecified atom stereocenters. The lowest BCUT2D eigenvalue weighted by molar-refractivity contribution is 0.111. The van der Waals surface area contributed by atoms with Crippen LogP contribution in [0.1, 0.15) is 10.6 Å². The van der Waals surface area contributed by atoms with Gasteiger partial charge in [-0.05, 0) is 0 Å². The first-order chi connectivity index (χ1) is 6.81. The molecule has 0 aliphatic heterocycles. The van der Waals surface area contributed by atoms with Gasteiger partial charge in [0.15, 0.2) is 12.1 Å². The number of rotatable bonds is 2. The van der Waals surface area contributed by atoms with E-state index >= 15 is 0 Å². The van der Waals surface area contributed by atoms with E-state index in [-0.39, 0.29) is 0 Å². The van der Waals surface area contributed by atoms with Crippen LogP contribution in [0.5, 0.6) is 0 Å². The zero-order valence-electron chi connectivity index (χ0n) is 7.22. The fourth-order valence-electron chi connectivity index (χ4n) is 1.20. The number of hydrogen-bond acceptors (Lipinski definition) is 2. The molecule has 0 aliphatic rings. The van der Waals surface area contributed by atoms with E-state index in [4.69, 9.17) is 0 Å². The zero-order chi connectivity index (χ0) is 9.97. The predicted molar refractivity (Wildman–Crippen MR) is 57.4 cm³/mol. The van der Waals surface area contributed by atoms with Gasteiger partial charge in [0, 0.05) is 11.8 Å². The Morgan fingerprint density at radius 3 is 2.57 bits per heavy atom. The summed E-state index contributed by atoms with van der Waals surface area (Å²) in [6.07, 6.45) is 2.47. The molecule has 0 spiro atoms. The minimum absolute atomic E-state index is 0.365. The minimum Gasteiger partial charge on any atom is -0.294 e. The average Bonchev–Trinajstić information content (AvgIpc) is 2.61. The highest BCUT2D eigenvalue weighted by molar-refractivity contribution is 9.08. The number of hydrogen-bond donors (Lipinski definition) is 0. The lowest BCUT2D eigenvalue weighted by Gasteiger charge is -1.92. The summed E-state index contributed by atoms with van der Waals surface area (Å²) in [4.78, 5) is 14.7. The summed E-state index contributed by atoms with van der Waals surface area (Å²) in [5, 5.41) is 0. The van der Waals surface area contributed by atoms with Crippen LogP contribution in [0.15, 0.2) is 36.5 Å². The molecule has 0 saturated carbocycles. The summed E-state index contributed by atoms with van der Waals surface area (Å²) in [5.41, 5.74) is 1.78. The van der Waals surface area contributed by atoms with Crippen molar-refractivity contribution in [2.75, 3.05) is 0 Å². The normalized spacial score (nSPS) is 10.1. The Morgan fingerprint density at radius 1 is 1.29 bits per heavy atom. The molecule has 14 heavy (non-hydrogen) atoms. The summed E-state index contributed by atoms with van der Waals surface area (Å²) in [5.74, 6) is 0.365. The van der Waals surface area contributed by atoms with E-state index < -0.39 is 0 Å². The van der Waals surface area contributed by atoms with E-state index in [1.807, 2.05) is 30.3 Å². The molecule has 1 heterocycles. The summed E-state index contributed by atoms with van der Waals surface area (Å²) >= 11 is 3.20. The quantitative estimate of drug-likeness (QED) is 0.768. The monoisotopic (exact) mass is 250 g/mol. The maximum atomic E-state index is 10.6. The third kappa shape index (κ3) is 1.61. The molecule has 0 bridgehead atoms. The second-order valence-corrected chi connectivity index (χ2v) is 3.54. The predicted octanol–water partition coefficient (Wildman–Crippen LogP) is 2.52. The number of aldehydes is 1. The van der Waals surface area contributed by atoms with Crippen LogP contribution in [0.4, 0.5) is 0 Å². The Balaban J connectivity index is 2.48. The molecule has 1 aromatic carbocycles. The number of imidazole rings is 1. The van der Waals surface area contributed by atoms with Gasteiger partial charge in [-0.25, -0.2) is 4.98 Å². The average molecular weight is 251 g/mol. The lowest BCUT2D eigenvalue weighted by atomic mass is 10.2. The lowest BCUT2D eigenvalue weighted by Crippen LogP contribution is -1.86. The number of benzene rings is 1. The SMILES string of the molecule is O=Cc1nc(-c2ccccc2)cn1Br. The molecule has 0 N–H and O–H groups in total. The maximum Gasteiger partial charge on any atom is 0.186 e. The van der Waals surface area contributed by atoms with Crippen LogP contribution >= 0.6 is 16.1 Å². The van der Waals surface area contributed by atoms with Gasteiger partial charge in [-0.15, -0.1) is 0 Å². The fourth-order valence-corrected chi connectivity index (χ4v) is 1.56. The summed E-state index contributed by atoms with van der Waals surface area (Å²) < 4.78 is 1.53. The van der Waals surface area contributed by atoms with Crippen molar-refractivity contribution in [3.05, 3.63) is 42.4 Å². The molecule has 3 nitrogen and oxygen atoms in total. The van der Waals surface area contributed by atoms with Gasteiger partial charge in [0.1, 0.15) is 0 Å². The van der Waals surface area contributed by atoms with Crippen LogP contribution in [0.2, 0.25) is 0 Å². The molecule has 2 aromatic rings. The highest BCUT2D eigenvalue weighted by Gasteiger charge is 2.05. The van der Waals surface area contributed by atoms with E-state index in [0.717, 1.165) is 11.3 Å². The van der Waals surface area contributed by atoms with Crippen molar-refractivity contribution in [2.45, 2.75) is 0 Å². The number of carbonyl (C=O) groups excluding carboxylic acids is 1. The molecule has 2 rings (SSSR count). The molecule has 0 atom stereocenters. The first kappa shape index (κ1) is 9.15. The number of carbonyl (C=O) groups is 1. The third-order valence-corrected chi connectivity index (χ3v) is 2.43. The molecule has 1 aromatic heterocycles. The van der Waals surface area contributed by atoms with E-state index in [2.05, 4.69) is 21.1 Å². The van der Waals surface area contributed by atoms with Gasteiger partial charge in [0.2, 0.25) is 0 Å². The summed E-state index contributed by atoms with van der Waals surface area (Å²) in [6.45, 7) is 0. The van der Waals surface area contributed by atoms with Crippen molar-refractivity contribution in [3.8, 4) is 11.3 Å². The Hall–Kier alpha value is -1.42. The Bertz CT molecular complexity index is 450. The first-order valence-corrected chi connectivity index (χ1v) is 4.78. The second-order valence-electron chi connectivity index (χ2n) is 2.78. The van der Waals surface area contributed by atoms with Crippen molar-refractivity contribution in [1.82, 2.24) is 8.58 Å².